The zero-order valence-electron chi connectivity index (χ0n) is 3.49. The van der Waals surface area contributed by atoms with Crippen LogP contribution in [-0.2, 0) is 4.43 Å². The van der Waals surface area contributed by atoms with E-state index in [1.165, 1.54) is 6.61 Å². The Morgan fingerprint density at radius 2 is 2.00 bits per heavy atom. The molecule has 0 spiro atoms. The van der Waals surface area contributed by atoms with Crippen molar-refractivity contribution in [1.82, 2.24) is 0 Å². The first-order chi connectivity index (χ1) is 1.91. The van der Waals surface area contributed by atoms with Gasteiger partial charge < -0.3 is 4.43 Å². The van der Waals surface area contributed by atoms with E-state index in [0.29, 0.717) is 0 Å². The van der Waals surface area contributed by atoms with Crippen LogP contribution in [0.5, 0.6) is 0 Å². The quantitative estimate of drug-likeness (QED) is 0.254. The van der Waals surface area contributed by atoms with Crippen LogP contribution in [0.3, 0.4) is 0 Å². The first-order valence-corrected chi connectivity index (χ1v) is 1.43. The van der Waals surface area contributed by atoms with Gasteiger partial charge in [0.2, 0.25) is 10.5 Å². The Balaban J connectivity index is 0. The van der Waals surface area contributed by atoms with Gasteiger partial charge in [-0.3, -0.25) is 0 Å². The van der Waals surface area contributed by atoms with E-state index in [0.717, 1.165) is 0 Å². The third-order valence-electron chi connectivity index (χ3n) is 0.118. The third kappa shape index (κ3) is 11.0. The second kappa shape index (κ2) is 8.95. The Kier molecular flexibility index (Phi) is 17.0. The molecule has 0 saturated heterocycles. The minimum Gasteiger partial charge on any atom is -0.594 e. The fraction of sp³-hybridized carbons (Fsp3) is 0.500. The normalized spacial score (nSPS) is 6.00. The SMILES string of the molecule is C[CH-]O[Si].[Na+]. The number of rotatable bonds is 1. The summed E-state index contributed by atoms with van der Waals surface area (Å²) in [7, 11) is 2.73. The first kappa shape index (κ1) is 9.49. The van der Waals surface area contributed by atoms with Crippen molar-refractivity contribution >= 4 is 10.5 Å². The summed E-state index contributed by atoms with van der Waals surface area (Å²) in [6.07, 6.45) is 0. The van der Waals surface area contributed by atoms with Gasteiger partial charge in [-0.15, -0.1) is 0 Å². The summed E-state index contributed by atoms with van der Waals surface area (Å²) in [6.45, 7) is 3.32. The van der Waals surface area contributed by atoms with Crippen molar-refractivity contribution in [3.8, 4) is 0 Å². The Bertz CT molecular complexity index is 11.6. The minimum absolute atomic E-state index is 0. The fourth-order valence-corrected chi connectivity index (χ4v) is 0. The van der Waals surface area contributed by atoms with E-state index < -0.39 is 0 Å². The Morgan fingerprint density at radius 1 is 1.80 bits per heavy atom. The molecule has 1 nitrogen and oxygen atoms in total. The molecule has 0 aromatic rings. The van der Waals surface area contributed by atoms with Crippen LogP contribution >= 0.6 is 0 Å². The molecule has 0 bridgehead atoms. The molecule has 0 N–H and O–H groups in total. The Hall–Kier alpha value is 1.18. The maximum absolute atomic E-state index is 4.22. The zero-order chi connectivity index (χ0) is 3.41. The molecular weight excluding hydrogens is 91.1 g/mol. The van der Waals surface area contributed by atoms with Crippen molar-refractivity contribution < 1.29 is 34.0 Å². The van der Waals surface area contributed by atoms with E-state index in [-0.39, 0.29) is 29.6 Å². The fourth-order valence-electron chi connectivity index (χ4n) is 0. The second-order valence-electron chi connectivity index (χ2n) is 0.354. The summed E-state index contributed by atoms with van der Waals surface area (Å²) in [5.74, 6) is 0. The zero-order valence-corrected chi connectivity index (χ0v) is 6.49. The van der Waals surface area contributed by atoms with E-state index in [4.69, 9.17) is 0 Å². The van der Waals surface area contributed by atoms with Gasteiger partial charge in [-0.25, -0.2) is 6.61 Å². The molecule has 0 aromatic heterocycles. The van der Waals surface area contributed by atoms with E-state index in [1.54, 1.807) is 6.92 Å². The molecule has 0 rings (SSSR count). The molecule has 0 saturated carbocycles. The van der Waals surface area contributed by atoms with Crippen LogP contribution in [0.4, 0.5) is 0 Å². The van der Waals surface area contributed by atoms with Gasteiger partial charge in [-0.2, -0.15) is 6.92 Å². The Labute approximate surface area is 57.9 Å². The van der Waals surface area contributed by atoms with Crippen LogP contribution in [0.25, 0.3) is 0 Å². The van der Waals surface area contributed by atoms with Crippen LogP contribution in [-0.4, -0.2) is 10.5 Å². The summed E-state index contributed by atoms with van der Waals surface area (Å²) >= 11 is 0. The van der Waals surface area contributed by atoms with Gasteiger partial charge in [0.15, 0.2) is 0 Å². The van der Waals surface area contributed by atoms with Crippen LogP contribution < -0.4 is 29.6 Å². The standard InChI is InChI=1S/C2H4OSi.Na/c1-2-3-4;/h2H,1H3;/q-1;+1. The summed E-state index contributed by atoms with van der Waals surface area (Å²) in [5.41, 5.74) is 0. The van der Waals surface area contributed by atoms with Gasteiger partial charge in [-0.1, -0.05) is 0 Å². The predicted octanol–water partition coefficient (Wildman–Crippen LogP) is -2.73. The van der Waals surface area contributed by atoms with Crippen LogP contribution in [0.1, 0.15) is 6.92 Å². The monoisotopic (exact) mass is 95.0 g/mol. The number of hydrogen-bond acceptors (Lipinski definition) is 1. The Morgan fingerprint density at radius 3 is 2.00 bits per heavy atom. The van der Waals surface area contributed by atoms with Crippen LogP contribution in [0.15, 0.2) is 0 Å². The molecule has 0 aliphatic carbocycles. The van der Waals surface area contributed by atoms with E-state index in [1.807, 2.05) is 0 Å². The average Bonchev–Trinajstić information content (AvgIpc) is 1.37. The molecular formula is C2H4NaOSi. The summed E-state index contributed by atoms with van der Waals surface area (Å²) in [5, 5.41) is 0. The smallest absolute Gasteiger partial charge is 0.594 e. The van der Waals surface area contributed by atoms with E-state index >= 15 is 0 Å². The molecule has 0 aromatic carbocycles. The van der Waals surface area contributed by atoms with Gasteiger partial charge in [0.25, 0.3) is 0 Å². The summed E-state index contributed by atoms with van der Waals surface area (Å²) in [4.78, 5) is 0. The molecule has 5 heavy (non-hydrogen) atoms. The van der Waals surface area contributed by atoms with E-state index in [9.17, 15) is 0 Å². The van der Waals surface area contributed by atoms with Crippen LogP contribution in [0, 0.1) is 6.61 Å². The predicted molar refractivity (Wildman–Crippen MR) is 16.8 cm³/mol. The van der Waals surface area contributed by atoms with Crippen molar-refractivity contribution in [2.45, 2.75) is 6.92 Å². The molecule has 0 aliphatic rings. The van der Waals surface area contributed by atoms with E-state index in [2.05, 4.69) is 14.9 Å². The van der Waals surface area contributed by atoms with Gasteiger partial charge in [-0.05, 0) is 0 Å². The second-order valence-corrected chi connectivity index (χ2v) is 0.589. The molecule has 0 fully saturated rings. The summed E-state index contributed by atoms with van der Waals surface area (Å²) < 4.78 is 4.22. The van der Waals surface area contributed by atoms with Gasteiger partial charge in [0.05, 0.1) is 0 Å². The van der Waals surface area contributed by atoms with Gasteiger partial charge >= 0.3 is 29.6 Å². The molecule has 0 unspecified atom stereocenters. The average molecular weight is 95.1 g/mol. The maximum atomic E-state index is 4.22. The molecule has 0 atom stereocenters. The van der Waals surface area contributed by atoms with Crippen molar-refractivity contribution in [3.63, 3.8) is 0 Å². The molecule has 3 heteroatoms. The first-order valence-electron chi connectivity index (χ1n) is 1.02. The van der Waals surface area contributed by atoms with Gasteiger partial charge in [0, 0.05) is 0 Å². The van der Waals surface area contributed by atoms with Crippen molar-refractivity contribution in [3.05, 3.63) is 6.61 Å². The molecule has 0 aliphatic heterocycles. The molecule has 3 radical (unpaired) electrons. The van der Waals surface area contributed by atoms with Gasteiger partial charge in [0.1, 0.15) is 0 Å². The molecule has 23 valence electrons. The minimum atomic E-state index is 0. The topological polar surface area (TPSA) is 9.23 Å². The largest absolute Gasteiger partial charge is 1.00 e. The number of hydrogen-bond donors (Lipinski definition) is 0. The maximum Gasteiger partial charge on any atom is 1.00 e. The van der Waals surface area contributed by atoms with Crippen molar-refractivity contribution in [1.29, 1.82) is 0 Å². The third-order valence-corrected chi connectivity index (χ3v) is 0.354. The van der Waals surface area contributed by atoms with Crippen LogP contribution in [0.2, 0.25) is 0 Å². The van der Waals surface area contributed by atoms with Crippen molar-refractivity contribution in [2.24, 2.45) is 0 Å². The summed E-state index contributed by atoms with van der Waals surface area (Å²) in [6, 6.07) is 0. The molecule has 0 amide bonds. The molecule has 0 heterocycles. The van der Waals surface area contributed by atoms with Crippen molar-refractivity contribution in [2.75, 3.05) is 0 Å².